The summed E-state index contributed by atoms with van der Waals surface area (Å²) in [6.07, 6.45) is 1.85. The predicted octanol–water partition coefficient (Wildman–Crippen LogP) is 2.98. The lowest BCUT2D eigenvalue weighted by Gasteiger charge is -2.26. The molecule has 6 nitrogen and oxygen atoms in total. The Morgan fingerprint density at radius 3 is 2.97 bits per heavy atom. The van der Waals surface area contributed by atoms with E-state index in [9.17, 15) is 9.18 Å². The van der Waals surface area contributed by atoms with Crippen LogP contribution in [0.4, 0.5) is 15.8 Å². The zero-order valence-electron chi connectivity index (χ0n) is 16.2. The highest BCUT2D eigenvalue weighted by Gasteiger charge is 2.26. The molecule has 1 aliphatic carbocycles. The van der Waals surface area contributed by atoms with E-state index in [4.69, 9.17) is 11.5 Å². The number of nitrogen functional groups attached to an aromatic ring is 1. The summed E-state index contributed by atoms with van der Waals surface area (Å²) in [5.41, 5.74) is 15.2. The predicted molar refractivity (Wildman–Crippen MR) is 116 cm³/mol. The number of nitrogens with two attached hydrogens (primary N) is 2. The third-order valence-corrected chi connectivity index (χ3v) is 6.40. The molecule has 0 bridgehead atoms. The van der Waals surface area contributed by atoms with Crippen LogP contribution in [0.25, 0.3) is 10.2 Å². The Hall–Kier alpha value is -2.71. The number of anilines is 2. The quantitative estimate of drug-likeness (QED) is 0.515. The van der Waals surface area contributed by atoms with Crippen LogP contribution in [0.2, 0.25) is 0 Å². The van der Waals surface area contributed by atoms with E-state index in [2.05, 4.69) is 15.6 Å². The fourth-order valence-corrected chi connectivity index (χ4v) is 4.83. The van der Waals surface area contributed by atoms with Crippen molar-refractivity contribution in [3.63, 3.8) is 0 Å². The Bertz CT molecular complexity index is 1080. The highest BCUT2D eigenvalue weighted by atomic mass is 32.1. The van der Waals surface area contributed by atoms with Gasteiger partial charge in [-0.2, -0.15) is 0 Å². The molecule has 0 aliphatic heterocycles. The van der Waals surface area contributed by atoms with E-state index in [0.29, 0.717) is 48.6 Å². The molecule has 0 unspecified atom stereocenters. The maximum atomic E-state index is 14.7. The summed E-state index contributed by atoms with van der Waals surface area (Å²) in [5, 5.41) is 6.89. The van der Waals surface area contributed by atoms with Crippen molar-refractivity contribution in [2.75, 3.05) is 24.1 Å². The largest absolute Gasteiger partial charge is 0.397 e. The molecule has 0 saturated carbocycles. The van der Waals surface area contributed by atoms with E-state index < -0.39 is 0 Å². The van der Waals surface area contributed by atoms with Gasteiger partial charge in [-0.3, -0.25) is 4.79 Å². The first-order chi connectivity index (χ1) is 14.0. The van der Waals surface area contributed by atoms with Crippen LogP contribution in [-0.4, -0.2) is 30.0 Å². The molecule has 4 rings (SSSR count). The SMILES string of the molecule is Cc1ccc2c(N)c(C(=O)N[C@H]3CCc4c(ccc(NCCN)c4F)C3)sc2n1. The van der Waals surface area contributed by atoms with Gasteiger partial charge in [0, 0.05) is 30.2 Å². The number of halogens is 1. The Labute approximate surface area is 172 Å². The number of aryl methyl sites for hydroxylation is 1. The van der Waals surface area contributed by atoms with Crippen molar-refractivity contribution >= 4 is 38.8 Å². The Morgan fingerprint density at radius 1 is 1.34 bits per heavy atom. The lowest BCUT2D eigenvalue weighted by Crippen LogP contribution is -2.39. The molecule has 0 spiro atoms. The summed E-state index contributed by atoms with van der Waals surface area (Å²) >= 11 is 1.31. The van der Waals surface area contributed by atoms with E-state index >= 15 is 0 Å². The molecule has 2 aromatic heterocycles. The van der Waals surface area contributed by atoms with Gasteiger partial charge in [0.1, 0.15) is 15.5 Å². The molecule has 1 aliphatic rings. The minimum atomic E-state index is -0.212. The molecule has 1 atom stereocenters. The zero-order chi connectivity index (χ0) is 20.5. The van der Waals surface area contributed by atoms with E-state index in [1.807, 2.05) is 25.1 Å². The maximum absolute atomic E-state index is 14.7. The van der Waals surface area contributed by atoms with Gasteiger partial charge >= 0.3 is 0 Å². The molecular weight excluding hydrogens is 389 g/mol. The van der Waals surface area contributed by atoms with Crippen molar-refractivity contribution in [3.8, 4) is 0 Å². The van der Waals surface area contributed by atoms with Crippen LogP contribution in [0.15, 0.2) is 24.3 Å². The number of hydrogen-bond acceptors (Lipinski definition) is 6. The number of pyridine rings is 1. The first-order valence-corrected chi connectivity index (χ1v) is 10.5. The van der Waals surface area contributed by atoms with E-state index in [0.717, 1.165) is 27.0 Å². The molecular formula is C21H24FN5OS. The summed E-state index contributed by atoms with van der Waals surface area (Å²) in [4.78, 5) is 18.5. The average Bonchev–Trinajstić information content (AvgIpc) is 3.03. The number of aromatic nitrogens is 1. The first kappa shape index (κ1) is 19.6. The second kappa shape index (κ2) is 7.96. The number of fused-ring (bicyclic) bond motifs is 2. The number of benzene rings is 1. The normalized spacial score (nSPS) is 15.9. The highest BCUT2D eigenvalue weighted by molar-refractivity contribution is 7.21. The highest BCUT2D eigenvalue weighted by Crippen LogP contribution is 2.33. The molecule has 2 heterocycles. The van der Waals surface area contributed by atoms with Crippen LogP contribution in [-0.2, 0) is 12.8 Å². The Morgan fingerprint density at radius 2 is 2.17 bits per heavy atom. The summed E-state index contributed by atoms with van der Waals surface area (Å²) in [5.74, 6) is -0.408. The number of amides is 1. The molecule has 1 aromatic carbocycles. The third-order valence-electron chi connectivity index (χ3n) is 5.28. The van der Waals surface area contributed by atoms with E-state index in [-0.39, 0.29) is 17.8 Å². The van der Waals surface area contributed by atoms with Gasteiger partial charge in [-0.05, 0) is 55.5 Å². The molecule has 0 saturated heterocycles. The molecule has 3 aromatic rings. The van der Waals surface area contributed by atoms with Crippen LogP contribution < -0.4 is 22.1 Å². The molecule has 0 fully saturated rings. The standard InChI is InChI=1S/C21H24FN5OS/c1-11-2-5-15-18(24)19(29-21(15)26-11)20(28)27-13-4-6-14-12(10-13)3-7-16(17(14)22)25-9-8-23/h2-3,5,7,13,25H,4,6,8-10,23-24H2,1H3,(H,27,28)/t13-/m0/s1. The van der Waals surface area contributed by atoms with Crippen LogP contribution in [0.5, 0.6) is 0 Å². The lowest BCUT2D eigenvalue weighted by molar-refractivity contribution is 0.0938. The summed E-state index contributed by atoms with van der Waals surface area (Å²) in [7, 11) is 0. The fraction of sp³-hybridized carbons (Fsp3) is 0.333. The van der Waals surface area contributed by atoms with Crippen molar-refractivity contribution < 1.29 is 9.18 Å². The number of nitrogens with zero attached hydrogens (tertiary/aromatic N) is 1. The topological polar surface area (TPSA) is 106 Å². The fourth-order valence-electron chi connectivity index (χ4n) is 3.78. The van der Waals surface area contributed by atoms with Gasteiger partial charge in [-0.25, -0.2) is 9.37 Å². The molecule has 6 N–H and O–H groups in total. The number of hydrogen-bond donors (Lipinski definition) is 4. The smallest absolute Gasteiger partial charge is 0.263 e. The maximum Gasteiger partial charge on any atom is 0.263 e. The van der Waals surface area contributed by atoms with Crippen molar-refractivity contribution in [3.05, 3.63) is 51.8 Å². The second-order valence-corrected chi connectivity index (χ2v) is 8.34. The van der Waals surface area contributed by atoms with E-state index in [1.54, 1.807) is 6.07 Å². The van der Waals surface area contributed by atoms with Crippen molar-refractivity contribution in [1.82, 2.24) is 10.3 Å². The number of thiophene rings is 1. The summed E-state index contributed by atoms with van der Waals surface area (Å²) in [6.45, 7) is 2.88. The van der Waals surface area contributed by atoms with Crippen LogP contribution in [0.3, 0.4) is 0 Å². The summed E-state index contributed by atoms with van der Waals surface area (Å²) in [6, 6.07) is 7.39. The molecule has 8 heteroatoms. The number of nitrogens with one attached hydrogen (secondary N) is 2. The lowest BCUT2D eigenvalue weighted by atomic mass is 9.87. The average molecular weight is 414 g/mol. The Balaban J connectivity index is 1.50. The second-order valence-electron chi connectivity index (χ2n) is 7.34. The van der Waals surface area contributed by atoms with Crippen molar-refractivity contribution in [2.45, 2.75) is 32.2 Å². The minimum absolute atomic E-state index is 0.0587. The number of rotatable bonds is 5. The zero-order valence-corrected chi connectivity index (χ0v) is 17.0. The van der Waals surface area contributed by atoms with Gasteiger partial charge in [0.2, 0.25) is 0 Å². The first-order valence-electron chi connectivity index (χ1n) is 9.68. The monoisotopic (exact) mass is 413 g/mol. The molecule has 1 amide bonds. The molecule has 29 heavy (non-hydrogen) atoms. The number of carbonyl (C=O) groups is 1. The van der Waals surface area contributed by atoms with Gasteiger partial charge in [0.05, 0.1) is 11.4 Å². The van der Waals surface area contributed by atoms with Crippen LogP contribution >= 0.6 is 11.3 Å². The Kier molecular flexibility index (Phi) is 5.38. The van der Waals surface area contributed by atoms with Crippen LogP contribution in [0, 0.1) is 12.7 Å². The minimum Gasteiger partial charge on any atom is -0.397 e. The molecule has 0 radical (unpaired) electrons. The van der Waals surface area contributed by atoms with Gasteiger partial charge in [-0.1, -0.05) is 6.07 Å². The van der Waals surface area contributed by atoms with Gasteiger partial charge in [0.25, 0.3) is 5.91 Å². The van der Waals surface area contributed by atoms with E-state index in [1.165, 1.54) is 11.3 Å². The van der Waals surface area contributed by atoms with Gasteiger partial charge in [-0.15, -0.1) is 11.3 Å². The number of carbonyl (C=O) groups excluding carboxylic acids is 1. The summed E-state index contributed by atoms with van der Waals surface area (Å²) < 4.78 is 14.7. The van der Waals surface area contributed by atoms with Crippen molar-refractivity contribution in [2.24, 2.45) is 5.73 Å². The third kappa shape index (κ3) is 3.77. The van der Waals surface area contributed by atoms with Gasteiger partial charge < -0.3 is 22.1 Å². The van der Waals surface area contributed by atoms with Crippen molar-refractivity contribution in [1.29, 1.82) is 0 Å². The molecule has 152 valence electrons. The van der Waals surface area contributed by atoms with Crippen LogP contribution in [0.1, 0.15) is 32.9 Å². The van der Waals surface area contributed by atoms with Gasteiger partial charge in [0.15, 0.2) is 0 Å².